The molecular formula is C15H21NO3. The van der Waals surface area contributed by atoms with Gasteiger partial charge in [0.1, 0.15) is 6.04 Å². The predicted octanol–water partition coefficient (Wildman–Crippen LogP) is 2.30. The van der Waals surface area contributed by atoms with E-state index in [1.807, 2.05) is 38.1 Å². The summed E-state index contributed by atoms with van der Waals surface area (Å²) in [5, 5.41) is 11.5. The number of hydrogen-bond acceptors (Lipinski definition) is 2. The Balaban J connectivity index is 2.44. The number of nitrogens with one attached hydrogen (secondary N) is 1. The van der Waals surface area contributed by atoms with E-state index in [0.29, 0.717) is 19.3 Å². The molecule has 0 radical (unpaired) electrons. The Hall–Kier alpha value is -1.84. The highest BCUT2D eigenvalue weighted by atomic mass is 16.4. The van der Waals surface area contributed by atoms with Crippen LogP contribution in [-0.4, -0.2) is 23.0 Å². The van der Waals surface area contributed by atoms with E-state index < -0.39 is 12.0 Å². The number of rotatable bonds is 7. The van der Waals surface area contributed by atoms with E-state index >= 15 is 0 Å². The van der Waals surface area contributed by atoms with Gasteiger partial charge in [-0.2, -0.15) is 0 Å². The van der Waals surface area contributed by atoms with Gasteiger partial charge < -0.3 is 10.4 Å². The van der Waals surface area contributed by atoms with Gasteiger partial charge in [-0.15, -0.1) is 0 Å². The molecule has 0 bridgehead atoms. The summed E-state index contributed by atoms with van der Waals surface area (Å²) in [6.45, 7) is 3.90. The fourth-order valence-electron chi connectivity index (χ4n) is 1.94. The molecule has 4 nitrogen and oxygen atoms in total. The van der Waals surface area contributed by atoms with Gasteiger partial charge in [0.25, 0.3) is 0 Å². The van der Waals surface area contributed by atoms with E-state index in [1.54, 1.807) is 0 Å². The van der Waals surface area contributed by atoms with Crippen molar-refractivity contribution in [2.45, 2.75) is 45.6 Å². The minimum Gasteiger partial charge on any atom is -0.480 e. The molecular weight excluding hydrogens is 242 g/mol. The third kappa shape index (κ3) is 5.55. The number of aryl methyl sites for hydroxylation is 2. The molecule has 1 aromatic carbocycles. The number of aliphatic carboxylic acids is 1. The number of carboxylic acid groups (broad SMARTS) is 1. The van der Waals surface area contributed by atoms with Crippen LogP contribution in [0.3, 0.4) is 0 Å². The summed E-state index contributed by atoms with van der Waals surface area (Å²) in [7, 11) is 0. The Kier molecular flexibility index (Phi) is 6.06. The van der Waals surface area contributed by atoms with Crippen molar-refractivity contribution < 1.29 is 14.7 Å². The van der Waals surface area contributed by atoms with Crippen molar-refractivity contribution in [3.8, 4) is 0 Å². The fourth-order valence-corrected chi connectivity index (χ4v) is 1.94. The normalized spacial score (nSPS) is 11.9. The van der Waals surface area contributed by atoms with Gasteiger partial charge in [0.05, 0.1) is 0 Å². The number of amides is 1. The predicted molar refractivity (Wildman–Crippen MR) is 74.0 cm³/mol. The molecule has 0 aliphatic rings. The van der Waals surface area contributed by atoms with Crippen LogP contribution in [0.15, 0.2) is 24.3 Å². The Labute approximate surface area is 113 Å². The van der Waals surface area contributed by atoms with Gasteiger partial charge in [-0.3, -0.25) is 4.79 Å². The second-order valence-corrected chi connectivity index (χ2v) is 4.74. The van der Waals surface area contributed by atoms with E-state index in [2.05, 4.69) is 5.32 Å². The van der Waals surface area contributed by atoms with E-state index in [0.717, 1.165) is 17.5 Å². The maximum absolute atomic E-state index is 11.7. The highest BCUT2D eigenvalue weighted by molar-refractivity contribution is 5.83. The first-order valence-electron chi connectivity index (χ1n) is 6.60. The molecule has 0 saturated heterocycles. The number of carbonyl (C=O) groups is 2. The molecule has 104 valence electrons. The second-order valence-electron chi connectivity index (χ2n) is 4.74. The Morgan fingerprint density at radius 2 is 2.11 bits per heavy atom. The van der Waals surface area contributed by atoms with Gasteiger partial charge in [0.15, 0.2) is 0 Å². The van der Waals surface area contributed by atoms with Crippen molar-refractivity contribution in [3.63, 3.8) is 0 Å². The molecule has 0 unspecified atom stereocenters. The monoisotopic (exact) mass is 263 g/mol. The van der Waals surface area contributed by atoms with Gasteiger partial charge in [-0.25, -0.2) is 4.79 Å². The molecule has 19 heavy (non-hydrogen) atoms. The molecule has 0 fully saturated rings. The van der Waals surface area contributed by atoms with Crippen molar-refractivity contribution in [3.05, 3.63) is 35.4 Å². The molecule has 0 aliphatic heterocycles. The van der Waals surface area contributed by atoms with E-state index in [-0.39, 0.29) is 5.91 Å². The van der Waals surface area contributed by atoms with E-state index in [4.69, 9.17) is 5.11 Å². The van der Waals surface area contributed by atoms with Gasteiger partial charge in [0.2, 0.25) is 5.91 Å². The summed E-state index contributed by atoms with van der Waals surface area (Å²) in [5.41, 5.74) is 2.25. The van der Waals surface area contributed by atoms with Crippen molar-refractivity contribution >= 4 is 11.9 Å². The Morgan fingerprint density at radius 3 is 2.68 bits per heavy atom. The maximum Gasteiger partial charge on any atom is 0.326 e. The zero-order valence-electron chi connectivity index (χ0n) is 11.5. The lowest BCUT2D eigenvalue weighted by atomic mass is 10.1. The Morgan fingerprint density at radius 1 is 1.37 bits per heavy atom. The molecule has 0 spiro atoms. The molecule has 0 heterocycles. The van der Waals surface area contributed by atoms with Gasteiger partial charge in [0, 0.05) is 6.42 Å². The topological polar surface area (TPSA) is 66.4 Å². The molecule has 1 atom stereocenters. The van der Waals surface area contributed by atoms with E-state index in [1.165, 1.54) is 0 Å². The smallest absolute Gasteiger partial charge is 0.326 e. The number of carbonyl (C=O) groups excluding carboxylic acids is 1. The average molecular weight is 263 g/mol. The summed E-state index contributed by atoms with van der Waals surface area (Å²) in [6, 6.07) is 7.20. The second kappa shape index (κ2) is 7.56. The molecule has 4 heteroatoms. The summed E-state index contributed by atoms with van der Waals surface area (Å²) in [5.74, 6) is -1.17. The standard InChI is InChI=1S/C15H21NO3/c1-3-5-13(15(18)19)16-14(17)9-8-12-7-4-6-11(2)10-12/h4,6-7,10,13H,3,5,8-9H2,1-2H3,(H,16,17)(H,18,19)/t13-/m0/s1. The maximum atomic E-state index is 11.7. The lowest BCUT2D eigenvalue weighted by Gasteiger charge is -2.13. The first-order chi connectivity index (χ1) is 9.02. The zero-order chi connectivity index (χ0) is 14.3. The van der Waals surface area contributed by atoms with Crippen LogP contribution in [-0.2, 0) is 16.0 Å². The number of hydrogen-bond donors (Lipinski definition) is 2. The average Bonchev–Trinajstić information content (AvgIpc) is 2.36. The highest BCUT2D eigenvalue weighted by Crippen LogP contribution is 2.07. The first kappa shape index (κ1) is 15.2. The number of carboxylic acids is 1. The molecule has 0 aromatic heterocycles. The van der Waals surface area contributed by atoms with Crippen molar-refractivity contribution in [2.75, 3.05) is 0 Å². The minimum absolute atomic E-state index is 0.206. The van der Waals surface area contributed by atoms with Gasteiger partial charge >= 0.3 is 5.97 Å². The summed E-state index contributed by atoms with van der Waals surface area (Å²) in [6.07, 6.45) is 2.14. The van der Waals surface area contributed by atoms with Gasteiger partial charge in [-0.1, -0.05) is 43.2 Å². The molecule has 0 aliphatic carbocycles. The summed E-state index contributed by atoms with van der Waals surface area (Å²) in [4.78, 5) is 22.6. The molecule has 1 amide bonds. The van der Waals surface area contributed by atoms with Crippen molar-refractivity contribution in [1.82, 2.24) is 5.32 Å². The highest BCUT2D eigenvalue weighted by Gasteiger charge is 2.18. The van der Waals surface area contributed by atoms with Crippen molar-refractivity contribution in [1.29, 1.82) is 0 Å². The van der Waals surface area contributed by atoms with Crippen LogP contribution in [0.25, 0.3) is 0 Å². The van der Waals surface area contributed by atoms with Gasteiger partial charge in [-0.05, 0) is 25.3 Å². The summed E-state index contributed by atoms with van der Waals surface area (Å²) < 4.78 is 0. The largest absolute Gasteiger partial charge is 0.480 e. The lowest BCUT2D eigenvalue weighted by Crippen LogP contribution is -2.40. The van der Waals surface area contributed by atoms with Crippen LogP contribution in [0.2, 0.25) is 0 Å². The van der Waals surface area contributed by atoms with Crippen LogP contribution < -0.4 is 5.32 Å². The van der Waals surface area contributed by atoms with Crippen LogP contribution in [0.1, 0.15) is 37.3 Å². The molecule has 1 aromatic rings. The fraction of sp³-hybridized carbons (Fsp3) is 0.467. The third-order valence-corrected chi connectivity index (χ3v) is 2.93. The van der Waals surface area contributed by atoms with Crippen LogP contribution >= 0.6 is 0 Å². The SMILES string of the molecule is CCC[C@H](NC(=O)CCc1cccc(C)c1)C(=O)O. The molecule has 1 rings (SSSR count). The van der Waals surface area contributed by atoms with Crippen LogP contribution in [0, 0.1) is 6.92 Å². The van der Waals surface area contributed by atoms with Crippen LogP contribution in [0.5, 0.6) is 0 Å². The first-order valence-corrected chi connectivity index (χ1v) is 6.60. The summed E-state index contributed by atoms with van der Waals surface area (Å²) >= 11 is 0. The van der Waals surface area contributed by atoms with E-state index in [9.17, 15) is 9.59 Å². The third-order valence-electron chi connectivity index (χ3n) is 2.93. The van der Waals surface area contributed by atoms with Crippen LogP contribution in [0.4, 0.5) is 0 Å². The number of benzene rings is 1. The quantitative estimate of drug-likeness (QED) is 0.793. The molecule has 0 saturated carbocycles. The lowest BCUT2D eigenvalue weighted by molar-refractivity contribution is -0.142. The van der Waals surface area contributed by atoms with Crippen molar-refractivity contribution in [2.24, 2.45) is 0 Å². The minimum atomic E-state index is -0.967. The zero-order valence-corrected chi connectivity index (χ0v) is 11.5. The molecule has 2 N–H and O–H groups in total. The Bertz CT molecular complexity index is 443.